The van der Waals surface area contributed by atoms with Crippen LogP contribution >= 0.6 is 0 Å². The van der Waals surface area contributed by atoms with Crippen molar-refractivity contribution in [3.63, 3.8) is 0 Å². The van der Waals surface area contributed by atoms with Crippen LogP contribution in [0.1, 0.15) is 19.0 Å². The van der Waals surface area contributed by atoms with Gasteiger partial charge in [0.2, 0.25) is 11.8 Å². The van der Waals surface area contributed by atoms with Crippen molar-refractivity contribution in [2.45, 2.75) is 26.4 Å². The molecule has 2 unspecified atom stereocenters. The Kier molecular flexibility index (Phi) is 3.79. The van der Waals surface area contributed by atoms with Crippen molar-refractivity contribution >= 4 is 17.5 Å². The number of nitro groups is 1. The van der Waals surface area contributed by atoms with Gasteiger partial charge in [0, 0.05) is 19.1 Å². The summed E-state index contributed by atoms with van der Waals surface area (Å²) in [7, 11) is 0. The highest BCUT2D eigenvalue weighted by molar-refractivity contribution is 5.60. The minimum absolute atomic E-state index is 0.0290. The first-order valence-electron chi connectivity index (χ1n) is 6.13. The number of nitrogens with zero attached hydrogens (tertiary/aromatic N) is 3. The van der Waals surface area contributed by atoms with Crippen LogP contribution in [0.5, 0.6) is 0 Å². The summed E-state index contributed by atoms with van der Waals surface area (Å²) in [5.41, 5.74) is 5.67. The van der Waals surface area contributed by atoms with Gasteiger partial charge in [-0.3, -0.25) is 10.1 Å². The molecule has 2 rings (SSSR count). The van der Waals surface area contributed by atoms with Crippen LogP contribution in [0, 0.1) is 23.0 Å². The molecule has 1 aliphatic rings. The van der Waals surface area contributed by atoms with Crippen LogP contribution in [0.2, 0.25) is 0 Å². The summed E-state index contributed by atoms with van der Waals surface area (Å²) < 4.78 is 5.45. The highest BCUT2D eigenvalue weighted by Crippen LogP contribution is 2.27. The van der Waals surface area contributed by atoms with Crippen LogP contribution in [0.25, 0.3) is 0 Å². The van der Waals surface area contributed by atoms with Crippen molar-refractivity contribution < 1.29 is 9.66 Å². The molecule has 0 spiro atoms. The lowest BCUT2D eigenvalue weighted by Crippen LogP contribution is -2.22. The van der Waals surface area contributed by atoms with Gasteiger partial charge in [0.25, 0.3) is 0 Å². The minimum atomic E-state index is -0.494. The number of aromatic nitrogens is 2. The quantitative estimate of drug-likeness (QED) is 0.620. The van der Waals surface area contributed by atoms with E-state index in [0.717, 1.165) is 13.0 Å². The monoisotopic (exact) mass is 267 g/mol. The standard InChI is InChI=1S/C11H17N5O3/c1-6-9(16(17)18)10(15-11(12)14-6)13-5-8-3-4-19-7(8)2/h7-8H,3-5H2,1-2H3,(H3,12,13,14,15). The van der Waals surface area contributed by atoms with Crippen molar-refractivity contribution in [3.05, 3.63) is 15.8 Å². The predicted octanol–water partition coefficient (Wildman–Crippen LogP) is 1.11. The topological polar surface area (TPSA) is 116 Å². The van der Waals surface area contributed by atoms with E-state index >= 15 is 0 Å². The van der Waals surface area contributed by atoms with Gasteiger partial charge in [-0.15, -0.1) is 0 Å². The molecule has 8 heteroatoms. The normalized spacial score (nSPS) is 22.4. The zero-order valence-electron chi connectivity index (χ0n) is 10.9. The molecule has 0 bridgehead atoms. The molecule has 0 aliphatic carbocycles. The van der Waals surface area contributed by atoms with Gasteiger partial charge in [-0.1, -0.05) is 0 Å². The van der Waals surface area contributed by atoms with E-state index in [1.165, 1.54) is 0 Å². The summed E-state index contributed by atoms with van der Waals surface area (Å²) >= 11 is 0. The molecule has 0 saturated carbocycles. The zero-order chi connectivity index (χ0) is 14.0. The van der Waals surface area contributed by atoms with Crippen LogP contribution in [-0.4, -0.2) is 34.1 Å². The zero-order valence-corrected chi connectivity index (χ0v) is 10.9. The molecule has 8 nitrogen and oxygen atoms in total. The molecule has 0 radical (unpaired) electrons. The summed E-state index contributed by atoms with van der Waals surface area (Å²) in [6.07, 6.45) is 1.08. The molecule has 2 atom stereocenters. The van der Waals surface area contributed by atoms with Crippen LogP contribution in [0.4, 0.5) is 17.5 Å². The molecule has 0 amide bonds. The van der Waals surface area contributed by atoms with Gasteiger partial charge in [0.1, 0.15) is 5.69 Å². The smallest absolute Gasteiger partial charge is 0.332 e. The molecule has 1 fully saturated rings. The van der Waals surface area contributed by atoms with E-state index in [0.29, 0.717) is 12.5 Å². The largest absolute Gasteiger partial charge is 0.378 e. The predicted molar refractivity (Wildman–Crippen MR) is 69.8 cm³/mol. The first kappa shape index (κ1) is 13.5. The van der Waals surface area contributed by atoms with E-state index < -0.39 is 4.92 Å². The van der Waals surface area contributed by atoms with Gasteiger partial charge in [-0.25, -0.2) is 4.98 Å². The third kappa shape index (κ3) is 2.90. The second-order valence-electron chi connectivity index (χ2n) is 4.63. The summed E-state index contributed by atoms with van der Waals surface area (Å²) in [5.74, 6) is 0.520. The molecule has 1 aromatic rings. The van der Waals surface area contributed by atoms with Gasteiger partial charge in [-0.2, -0.15) is 4.98 Å². The summed E-state index contributed by atoms with van der Waals surface area (Å²) in [6.45, 7) is 4.83. The SMILES string of the molecule is Cc1nc(N)nc(NCC2CCOC2C)c1[N+](=O)[O-]. The van der Waals surface area contributed by atoms with Crippen molar-refractivity contribution in [2.75, 3.05) is 24.2 Å². The van der Waals surface area contributed by atoms with Crippen molar-refractivity contribution in [1.29, 1.82) is 0 Å². The molecular weight excluding hydrogens is 250 g/mol. The second-order valence-corrected chi connectivity index (χ2v) is 4.63. The molecule has 3 N–H and O–H groups in total. The van der Waals surface area contributed by atoms with Crippen molar-refractivity contribution in [1.82, 2.24) is 9.97 Å². The van der Waals surface area contributed by atoms with E-state index in [-0.39, 0.29) is 29.3 Å². The number of rotatable bonds is 4. The van der Waals surface area contributed by atoms with Crippen LogP contribution in [0.3, 0.4) is 0 Å². The average molecular weight is 267 g/mol. The number of anilines is 2. The van der Waals surface area contributed by atoms with E-state index in [9.17, 15) is 10.1 Å². The molecule has 1 saturated heterocycles. The van der Waals surface area contributed by atoms with E-state index in [4.69, 9.17) is 10.5 Å². The maximum atomic E-state index is 11.0. The summed E-state index contributed by atoms with van der Waals surface area (Å²) in [4.78, 5) is 18.3. The fourth-order valence-electron chi connectivity index (χ4n) is 2.20. The Hall–Kier alpha value is -1.96. The molecule has 104 valence electrons. The van der Waals surface area contributed by atoms with Gasteiger partial charge in [-0.05, 0) is 20.3 Å². The fraction of sp³-hybridized carbons (Fsp3) is 0.636. The maximum Gasteiger partial charge on any atom is 0.332 e. The Morgan fingerprint density at radius 2 is 2.32 bits per heavy atom. The number of hydrogen-bond acceptors (Lipinski definition) is 7. The summed E-state index contributed by atoms with van der Waals surface area (Å²) in [6, 6.07) is 0. The average Bonchev–Trinajstić information content (AvgIpc) is 2.70. The molecular formula is C11H17N5O3. The Labute approximate surface area is 110 Å². The van der Waals surface area contributed by atoms with Crippen LogP contribution in [0.15, 0.2) is 0 Å². The number of nitrogens with two attached hydrogens (primary N) is 1. The van der Waals surface area contributed by atoms with Gasteiger partial charge < -0.3 is 15.8 Å². The fourth-order valence-corrected chi connectivity index (χ4v) is 2.20. The van der Waals surface area contributed by atoms with Crippen LogP contribution < -0.4 is 11.1 Å². The van der Waals surface area contributed by atoms with Gasteiger partial charge >= 0.3 is 5.69 Å². The number of hydrogen-bond donors (Lipinski definition) is 2. The molecule has 1 aliphatic heterocycles. The number of ether oxygens (including phenoxy) is 1. The first-order valence-corrected chi connectivity index (χ1v) is 6.13. The Morgan fingerprint density at radius 1 is 1.58 bits per heavy atom. The van der Waals surface area contributed by atoms with E-state index in [1.54, 1.807) is 6.92 Å². The molecule has 2 heterocycles. The summed E-state index contributed by atoms with van der Waals surface area (Å²) in [5, 5.41) is 14.0. The van der Waals surface area contributed by atoms with E-state index in [1.807, 2.05) is 6.92 Å². The number of nitrogens with one attached hydrogen (secondary N) is 1. The third-order valence-corrected chi connectivity index (χ3v) is 3.32. The minimum Gasteiger partial charge on any atom is -0.378 e. The molecule has 0 aromatic carbocycles. The Bertz CT molecular complexity index is 493. The lowest BCUT2D eigenvalue weighted by molar-refractivity contribution is -0.385. The lowest BCUT2D eigenvalue weighted by Gasteiger charge is -2.15. The Morgan fingerprint density at radius 3 is 2.89 bits per heavy atom. The van der Waals surface area contributed by atoms with Gasteiger partial charge in [0.15, 0.2) is 0 Å². The van der Waals surface area contributed by atoms with Crippen molar-refractivity contribution in [2.24, 2.45) is 5.92 Å². The van der Waals surface area contributed by atoms with Crippen molar-refractivity contribution in [3.8, 4) is 0 Å². The lowest BCUT2D eigenvalue weighted by atomic mass is 10.0. The number of aryl methyl sites for hydroxylation is 1. The van der Waals surface area contributed by atoms with Gasteiger partial charge in [0.05, 0.1) is 11.0 Å². The third-order valence-electron chi connectivity index (χ3n) is 3.32. The highest BCUT2D eigenvalue weighted by atomic mass is 16.6. The Balaban J connectivity index is 2.17. The first-order chi connectivity index (χ1) is 8.99. The molecule has 19 heavy (non-hydrogen) atoms. The van der Waals surface area contributed by atoms with Crippen LogP contribution in [-0.2, 0) is 4.74 Å². The number of nitrogen functional groups attached to an aromatic ring is 1. The second kappa shape index (κ2) is 5.35. The van der Waals surface area contributed by atoms with E-state index in [2.05, 4.69) is 15.3 Å². The molecule has 1 aromatic heterocycles. The maximum absolute atomic E-state index is 11.0. The highest BCUT2D eigenvalue weighted by Gasteiger charge is 2.26.